The van der Waals surface area contributed by atoms with Crippen molar-refractivity contribution >= 4 is 17.8 Å². The average Bonchev–Trinajstić information content (AvgIpc) is 2.60. The highest BCUT2D eigenvalue weighted by Crippen LogP contribution is 2.35. The second-order valence-corrected chi connectivity index (χ2v) is 4.18. The first kappa shape index (κ1) is 9.33. The zero-order valence-corrected chi connectivity index (χ0v) is 8.76. The Hall–Kier alpha value is -1.91. The summed E-state index contributed by atoms with van der Waals surface area (Å²) in [7, 11) is 0. The van der Waals surface area contributed by atoms with Gasteiger partial charge in [-0.25, -0.2) is 4.98 Å². The number of aldehydes is 1. The Balaban J connectivity index is 2.16. The third kappa shape index (κ3) is 1.21. The number of nitrogen functional groups attached to an aromatic ring is 1. The lowest BCUT2D eigenvalue weighted by atomic mass is 9.83. The Labute approximate surface area is 92.3 Å². The van der Waals surface area contributed by atoms with E-state index in [2.05, 4.69) is 10.1 Å². The number of anilines is 1. The van der Waals surface area contributed by atoms with Crippen LogP contribution in [-0.4, -0.2) is 20.9 Å². The van der Waals surface area contributed by atoms with Crippen LogP contribution in [0.3, 0.4) is 0 Å². The molecule has 1 aliphatic rings. The summed E-state index contributed by atoms with van der Waals surface area (Å²) in [5, 5.41) is 4.41. The van der Waals surface area contributed by atoms with Crippen LogP contribution < -0.4 is 5.73 Å². The summed E-state index contributed by atoms with van der Waals surface area (Å²) in [5.74, 6) is 0.909. The van der Waals surface area contributed by atoms with E-state index in [9.17, 15) is 4.79 Å². The van der Waals surface area contributed by atoms with E-state index in [0.717, 1.165) is 5.69 Å². The summed E-state index contributed by atoms with van der Waals surface area (Å²) >= 11 is 0. The smallest absolute Gasteiger partial charge is 0.157 e. The van der Waals surface area contributed by atoms with Gasteiger partial charge >= 0.3 is 0 Å². The monoisotopic (exact) mass is 216 g/mol. The van der Waals surface area contributed by atoms with Crippen molar-refractivity contribution < 1.29 is 4.79 Å². The average molecular weight is 216 g/mol. The molecule has 0 amide bonds. The van der Waals surface area contributed by atoms with Gasteiger partial charge < -0.3 is 5.73 Å². The minimum Gasteiger partial charge on any atom is -0.383 e. The van der Waals surface area contributed by atoms with Gasteiger partial charge in [-0.1, -0.05) is 6.42 Å². The van der Waals surface area contributed by atoms with Gasteiger partial charge in [-0.15, -0.1) is 0 Å². The van der Waals surface area contributed by atoms with Crippen LogP contribution in [0, 0.1) is 0 Å². The fraction of sp³-hybridized carbons (Fsp3) is 0.364. The number of carbonyl (C=O) groups is 1. The number of hydrogen-bond acceptors (Lipinski definition) is 4. The number of carbonyl (C=O) groups excluding carboxylic acids is 1. The van der Waals surface area contributed by atoms with E-state index in [4.69, 9.17) is 5.73 Å². The molecule has 0 bridgehead atoms. The van der Waals surface area contributed by atoms with Crippen molar-refractivity contribution in [2.75, 3.05) is 5.73 Å². The lowest BCUT2D eigenvalue weighted by molar-refractivity contribution is 0.112. The van der Waals surface area contributed by atoms with E-state index in [1.54, 1.807) is 4.52 Å². The van der Waals surface area contributed by atoms with Gasteiger partial charge in [0, 0.05) is 18.2 Å². The predicted molar refractivity (Wildman–Crippen MR) is 59.4 cm³/mol. The lowest BCUT2D eigenvalue weighted by Crippen LogP contribution is -2.10. The molecule has 0 spiro atoms. The molecule has 5 nitrogen and oxygen atoms in total. The van der Waals surface area contributed by atoms with Crippen molar-refractivity contribution in [3.05, 3.63) is 23.5 Å². The summed E-state index contributed by atoms with van der Waals surface area (Å²) in [6.45, 7) is 0. The summed E-state index contributed by atoms with van der Waals surface area (Å²) in [5.41, 5.74) is 7.97. The SMILES string of the molecule is Nc1c(C=O)cnc2cc(C3CCC3)nn12. The molecule has 0 aliphatic heterocycles. The van der Waals surface area contributed by atoms with E-state index in [0.29, 0.717) is 29.2 Å². The summed E-state index contributed by atoms with van der Waals surface area (Å²) < 4.78 is 1.55. The molecular formula is C11H12N4O. The normalized spacial score (nSPS) is 16.2. The zero-order valence-electron chi connectivity index (χ0n) is 8.76. The predicted octanol–water partition coefficient (Wildman–Crippen LogP) is 1.39. The van der Waals surface area contributed by atoms with Crippen molar-refractivity contribution in [2.45, 2.75) is 25.2 Å². The molecule has 0 radical (unpaired) electrons. The number of aromatic nitrogens is 3. The van der Waals surface area contributed by atoms with Gasteiger partial charge in [0.15, 0.2) is 11.9 Å². The molecule has 2 aromatic rings. The largest absolute Gasteiger partial charge is 0.383 e. The molecule has 16 heavy (non-hydrogen) atoms. The standard InChI is InChI=1S/C11H12N4O/c12-11-8(6-16)5-13-10-4-9(14-15(10)11)7-2-1-3-7/h4-7H,1-3,12H2. The molecule has 82 valence electrons. The van der Waals surface area contributed by atoms with Crippen LogP contribution in [0.5, 0.6) is 0 Å². The maximum absolute atomic E-state index is 10.7. The van der Waals surface area contributed by atoms with Gasteiger partial charge in [0.2, 0.25) is 0 Å². The lowest BCUT2D eigenvalue weighted by Gasteiger charge is -2.22. The molecule has 2 heterocycles. The number of fused-ring (bicyclic) bond motifs is 1. The van der Waals surface area contributed by atoms with Crippen molar-refractivity contribution in [3.63, 3.8) is 0 Å². The van der Waals surface area contributed by atoms with Crippen molar-refractivity contribution in [1.82, 2.24) is 14.6 Å². The Kier molecular flexibility index (Phi) is 1.92. The minimum atomic E-state index is 0.366. The molecule has 1 fully saturated rings. The number of nitrogens with two attached hydrogens (primary N) is 1. The Morgan fingerprint density at radius 2 is 2.31 bits per heavy atom. The molecule has 0 unspecified atom stereocenters. The van der Waals surface area contributed by atoms with Crippen LogP contribution in [0.15, 0.2) is 12.3 Å². The van der Waals surface area contributed by atoms with Crippen molar-refractivity contribution in [3.8, 4) is 0 Å². The van der Waals surface area contributed by atoms with E-state index >= 15 is 0 Å². The quantitative estimate of drug-likeness (QED) is 0.770. The van der Waals surface area contributed by atoms with Crippen LogP contribution >= 0.6 is 0 Å². The highest BCUT2D eigenvalue weighted by atomic mass is 16.1. The molecule has 0 atom stereocenters. The first-order chi connectivity index (χ1) is 7.79. The Morgan fingerprint density at radius 1 is 1.50 bits per heavy atom. The molecule has 1 aliphatic carbocycles. The first-order valence-corrected chi connectivity index (χ1v) is 5.39. The van der Waals surface area contributed by atoms with Gasteiger partial charge in [0.1, 0.15) is 5.82 Å². The van der Waals surface area contributed by atoms with Gasteiger partial charge in [0.05, 0.1) is 11.3 Å². The number of rotatable bonds is 2. The summed E-state index contributed by atoms with van der Waals surface area (Å²) in [6.07, 6.45) is 5.83. The van der Waals surface area contributed by atoms with Crippen molar-refractivity contribution in [2.24, 2.45) is 0 Å². The van der Waals surface area contributed by atoms with Crippen LogP contribution in [-0.2, 0) is 0 Å². The molecule has 0 saturated heterocycles. The molecule has 5 heteroatoms. The van der Waals surface area contributed by atoms with E-state index in [1.807, 2.05) is 6.07 Å². The fourth-order valence-corrected chi connectivity index (χ4v) is 1.98. The maximum Gasteiger partial charge on any atom is 0.157 e. The topological polar surface area (TPSA) is 73.3 Å². The van der Waals surface area contributed by atoms with Crippen LogP contribution in [0.25, 0.3) is 5.65 Å². The highest BCUT2D eigenvalue weighted by molar-refractivity contribution is 5.81. The van der Waals surface area contributed by atoms with Gasteiger partial charge in [0.25, 0.3) is 0 Å². The van der Waals surface area contributed by atoms with Gasteiger partial charge in [-0.2, -0.15) is 9.61 Å². The second kappa shape index (κ2) is 3.30. The van der Waals surface area contributed by atoms with Crippen LogP contribution in [0.2, 0.25) is 0 Å². The molecule has 1 saturated carbocycles. The molecule has 3 rings (SSSR count). The first-order valence-electron chi connectivity index (χ1n) is 5.39. The summed E-state index contributed by atoms with van der Waals surface area (Å²) in [4.78, 5) is 14.9. The molecule has 0 aromatic carbocycles. The van der Waals surface area contributed by atoms with E-state index in [1.165, 1.54) is 25.5 Å². The van der Waals surface area contributed by atoms with Crippen LogP contribution in [0.4, 0.5) is 5.82 Å². The molecule has 2 aromatic heterocycles. The minimum absolute atomic E-state index is 0.366. The number of hydrogen-bond donors (Lipinski definition) is 1. The third-order valence-electron chi connectivity index (χ3n) is 3.22. The second-order valence-electron chi connectivity index (χ2n) is 4.18. The molecule has 2 N–H and O–H groups in total. The van der Waals surface area contributed by atoms with Crippen LogP contribution in [0.1, 0.15) is 41.2 Å². The van der Waals surface area contributed by atoms with E-state index < -0.39 is 0 Å². The third-order valence-corrected chi connectivity index (χ3v) is 3.22. The maximum atomic E-state index is 10.7. The van der Waals surface area contributed by atoms with Gasteiger partial charge in [-0.05, 0) is 12.8 Å². The van der Waals surface area contributed by atoms with E-state index in [-0.39, 0.29) is 0 Å². The van der Waals surface area contributed by atoms with Crippen molar-refractivity contribution in [1.29, 1.82) is 0 Å². The summed E-state index contributed by atoms with van der Waals surface area (Å²) in [6, 6.07) is 1.95. The fourth-order valence-electron chi connectivity index (χ4n) is 1.98. The Morgan fingerprint density at radius 3 is 2.94 bits per heavy atom. The number of nitrogens with zero attached hydrogens (tertiary/aromatic N) is 3. The zero-order chi connectivity index (χ0) is 11.1. The molecular weight excluding hydrogens is 204 g/mol. The highest BCUT2D eigenvalue weighted by Gasteiger charge is 2.23. The Bertz CT molecular complexity index is 556. The van der Waals surface area contributed by atoms with Gasteiger partial charge in [-0.3, -0.25) is 4.79 Å².